The van der Waals surface area contributed by atoms with Crippen molar-refractivity contribution >= 4 is 17.4 Å². The molecule has 0 saturated carbocycles. The number of ketones is 1. The van der Waals surface area contributed by atoms with Crippen LogP contribution in [0.4, 0.5) is 5.69 Å². The van der Waals surface area contributed by atoms with Gasteiger partial charge < -0.3 is 10.1 Å². The summed E-state index contributed by atoms with van der Waals surface area (Å²) in [5.74, 6) is 0.176. The van der Waals surface area contributed by atoms with Crippen LogP contribution in [0.2, 0.25) is 0 Å². The molecule has 0 spiro atoms. The monoisotopic (exact) mass is 359 g/mol. The van der Waals surface area contributed by atoms with Crippen LogP contribution in [0, 0.1) is 6.92 Å². The SMILES string of the molecule is Cc1cccc(O[C@@H](C)C(=O)Nc2ccccc2C(=O)c2ccccc2)c1. The summed E-state index contributed by atoms with van der Waals surface area (Å²) in [6.45, 7) is 3.64. The van der Waals surface area contributed by atoms with Crippen LogP contribution in [0.25, 0.3) is 0 Å². The number of nitrogens with one attached hydrogen (secondary N) is 1. The lowest BCUT2D eigenvalue weighted by molar-refractivity contribution is -0.122. The zero-order chi connectivity index (χ0) is 19.2. The second-order valence-electron chi connectivity index (χ2n) is 6.31. The van der Waals surface area contributed by atoms with Crippen molar-refractivity contribution in [3.63, 3.8) is 0 Å². The van der Waals surface area contributed by atoms with Gasteiger partial charge >= 0.3 is 0 Å². The second-order valence-corrected chi connectivity index (χ2v) is 6.31. The largest absolute Gasteiger partial charge is 0.481 e. The van der Waals surface area contributed by atoms with E-state index in [0.29, 0.717) is 22.6 Å². The summed E-state index contributed by atoms with van der Waals surface area (Å²) >= 11 is 0. The maximum atomic E-state index is 12.8. The number of rotatable bonds is 6. The Hall–Kier alpha value is -3.40. The molecule has 0 aliphatic heterocycles. The topological polar surface area (TPSA) is 55.4 Å². The number of benzene rings is 3. The Morgan fingerprint density at radius 2 is 1.59 bits per heavy atom. The van der Waals surface area contributed by atoms with E-state index in [-0.39, 0.29) is 11.7 Å². The molecule has 27 heavy (non-hydrogen) atoms. The summed E-state index contributed by atoms with van der Waals surface area (Å²) in [6.07, 6.45) is -0.702. The molecule has 0 saturated heterocycles. The number of ether oxygens (including phenoxy) is 1. The first-order valence-electron chi connectivity index (χ1n) is 8.77. The zero-order valence-corrected chi connectivity index (χ0v) is 15.3. The van der Waals surface area contributed by atoms with Gasteiger partial charge in [-0.15, -0.1) is 0 Å². The van der Waals surface area contributed by atoms with E-state index in [1.807, 2.05) is 49.4 Å². The van der Waals surface area contributed by atoms with E-state index < -0.39 is 6.10 Å². The van der Waals surface area contributed by atoms with E-state index in [9.17, 15) is 9.59 Å². The molecule has 4 heteroatoms. The third kappa shape index (κ3) is 4.61. The van der Waals surface area contributed by atoms with Gasteiger partial charge in [-0.2, -0.15) is 0 Å². The Labute approximate surface area is 158 Å². The van der Waals surface area contributed by atoms with Gasteiger partial charge in [0, 0.05) is 11.1 Å². The van der Waals surface area contributed by atoms with Crippen LogP contribution in [0.5, 0.6) is 5.75 Å². The average Bonchev–Trinajstić information content (AvgIpc) is 2.68. The first kappa shape index (κ1) is 18.4. The fraction of sp³-hybridized carbons (Fsp3) is 0.130. The van der Waals surface area contributed by atoms with E-state index in [1.165, 1.54) is 0 Å². The lowest BCUT2D eigenvalue weighted by atomic mass is 10.0. The van der Waals surface area contributed by atoms with Crippen molar-refractivity contribution < 1.29 is 14.3 Å². The fourth-order valence-corrected chi connectivity index (χ4v) is 2.72. The summed E-state index contributed by atoms with van der Waals surface area (Å²) < 4.78 is 5.72. The minimum Gasteiger partial charge on any atom is -0.481 e. The number of hydrogen-bond acceptors (Lipinski definition) is 3. The molecule has 4 nitrogen and oxygen atoms in total. The van der Waals surface area contributed by atoms with E-state index in [4.69, 9.17) is 4.74 Å². The summed E-state index contributed by atoms with van der Waals surface area (Å²) in [6, 6.07) is 23.5. The molecule has 0 aliphatic carbocycles. The maximum absolute atomic E-state index is 12.8. The van der Waals surface area contributed by atoms with E-state index >= 15 is 0 Å². The molecule has 0 bridgehead atoms. The molecule has 0 aromatic heterocycles. The molecule has 3 rings (SSSR count). The summed E-state index contributed by atoms with van der Waals surface area (Å²) in [7, 11) is 0. The summed E-state index contributed by atoms with van der Waals surface area (Å²) in [4.78, 5) is 25.3. The molecule has 0 heterocycles. The highest BCUT2D eigenvalue weighted by Crippen LogP contribution is 2.20. The molecule has 1 amide bonds. The number of carbonyl (C=O) groups excluding carboxylic acids is 2. The Kier molecular flexibility index (Phi) is 5.67. The van der Waals surface area contributed by atoms with Crippen LogP contribution < -0.4 is 10.1 Å². The molecule has 0 radical (unpaired) electrons. The highest BCUT2D eigenvalue weighted by atomic mass is 16.5. The lowest BCUT2D eigenvalue weighted by Crippen LogP contribution is -2.30. The minimum absolute atomic E-state index is 0.140. The predicted octanol–water partition coefficient (Wildman–Crippen LogP) is 4.63. The van der Waals surface area contributed by atoms with Crippen molar-refractivity contribution in [1.29, 1.82) is 0 Å². The van der Waals surface area contributed by atoms with Gasteiger partial charge in [0.25, 0.3) is 5.91 Å². The quantitative estimate of drug-likeness (QED) is 0.653. The zero-order valence-electron chi connectivity index (χ0n) is 15.3. The van der Waals surface area contributed by atoms with Crippen LogP contribution in [-0.2, 0) is 4.79 Å². The fourth-order valence-electron chi connectivity index (χ4n) is 2.72. The maximum Gasteiger partial charge on any atom is 0.265 e. The van der Waals surface area contributed by atoms with Crippen LogP contribution in [0.15, 0.2) is 78.9 Å². The third-order valence-corrected chi connectivity index (χ3v) is 4.14. The standard InChI is InChI=1S/C23H21NO3/c1-16-9-8-12-19(15-16)27-17(2)23(26)24-21-14-7-6-13-20(21)22(25)18-10-4-3-5-11-18/h3-15,17H,1-2H3,(H,24,26)/t17-/m0/s1. The van der Waals surface area contributed by atoms with Gasteiger partial charge in [-0.05, 0) is 43.7 Å². The molecule has 136 valence electrons. The van der Waals surface area contributed by atoms with Crippen LogP contribution in [0.1, 0.15) is 28.4 Å². The first-order chi connectivity index (χ1) is 13.0. The number of para-hydroxylation sites is 1. The van der Waals surface area contributed by atoms with Crippen LogP contribution in [0.3, 0.4) is 0 Å². The van der Waals surface area contributed by atoms with Crippen molar-refractivity contribution in [3.05, 3.63) is 95.6 Å². The van der Waals surface area contributed by atoms with E-state index in [1.54, 1.807) is 43.3 Å². The molecule has 3 aromatic rings. The van der Waals surface area contributed by atoms with Gasteiger partial charge in [0.05, 0.1) is 5.69 Å². The molecule has 1 N–H and O–H groups in total. The number of amides is 1. The Balaban J connectivity index is 1.75. The highest BCUT2D eigenvalue weighted by molar-refractivity contribution is 6.14. The van der Waals surface area contributed by atoms with Crippen LogP contribution in [-0.4, -0.2) is 17.8 Å². The summed E-state index contributed by atoms with van der Waals surface area (Å²) in [5.41, 5.74) is 2.54. The van der Waals surface area contributed by atoms with Crippen molar-refractivity contribution in [1.82, 2.24) is 0 Å². The highest BCUT2D eigenvalue weighted by Gasteiger charge is 2.19. The van der Waals surface area contributed by atoms with Crippen LogP contribution >= 0.6 is 0 Å². The molecule has 0 fully saturated rings. The Bertz CT molecular complexity index is 951. The molecular formula is C23H21NO3. The van der Waals surface area contributed by atoms with Gasteiger partial charge in [0.1, 0.15) is 5.75 Å². The summed E-state index contributed by atoms with van der Waals surface area (Å²) in [5, 5.41) is 2.81. The van der Waals surface area contributed by atoms with Gasteiger partial charge in [-0.1, -0.05) is 54.6 Å². The smallest absolute Gasteiger partial charge is 0.265 e. The van der Waals surface area contributed by atoms with Crippen molar-refractivity contribution in [2.75, 3.05) is 5.32 Å². The Morgan fingerprint density at radius 1 is 0.889 bits per heavy atom. The van der Waals surface area contributed by atoms with Gasteiger partial charge in [-0.25, -0.2) is 0 Å². The molecule has 3 aromatic carbocycles. The number of aryl methyl sites for hydroxylation is 1. The van der Waals surface area contributed by atoms with Crippen molar-refractivity contribution in [3.8, 4) is 5.75 Å². The lowest BCUT2D eigenvalue weighted by Gasteiger charge is -2.16. The van der Waals surface area contributed by atoms with E-state index in [2.05, 4.69) is 5.32 Å². The Morgan fingerprint density at radius 3 is 2.33 bits per heavy atom. The number of hydrogen-bond donors (Lipinski definition) is 1. The average molecular weight is 359 g/mol. The molecular weight excluding hydrogens is 338 g/mol. The van der Waals surface area contributed by atoms with Gasteiger partial charge in [-0.3, -0.25) is 9.59 Å². The van der Waals surface area contributed by atoms with Crippen molar-refractivity contribution in [2.45, 2.75) is 20.0 Å². The van der Waals surface area contributed by atoms with E-state index in [0.717, 1.165) is 5.56 Å². The number of anilines is 1. The molecule has 1 atom stereocenters. The van der Waals surface area contributed by atoms with Gasteiger partial charge in [0.2, 0.25) is 0 Å². The second kappa shape index (κ2) is 8.32. The normalized spacial score (nSPS) is 11.5. The van der Waals surface area contributed by atoms with Crippen molar-refractivity contribution in [2.24, 2.45) is 0 Å². The molecule has 0 unspecified atom stereocenters. The first-order valence-corrected chi connectivity index (χ1v) is 8.77. The minimum atomic E-state index is -0.702. The third-order valence-electron chi connectivity index (χ3n) is 4.14. The number of carbonyl (C=O) groups is 2. The predicted molar refractivity (Wildman–Crippen MR) is 106 cm³/mol. The molecule has 0 aliphatic rings. The van der Waals surface area contributed by atoms with Gasteiger partial charge in [0.15, 0.2) is 11.9 Å².